The topological polar surface area (TPSA) is 42.0 Å². The van der Waals surface area contributed by atoms with Crippen LogP contribution in [0.5, 0.6) is 5.75 Å². The molecule has 0 N–H and O–H groups in total. The van der Waals surface area contributed by atoms with Crippen LogP contribution in [0.2, 0.25) is 0 Å². The number of hydrogen-bond donors (Lipinski definition) is 0. The Labute approximate surface area is 46.5 Å². The molecule has 3 heteroatoms. The van der Waals surface area contributed by atoms with Crippen molar-refractivity contribution in [1.82, 2.24) is 4.98 Å². The normalized spacial score (nSPS) is 8.62. The van der Waals surface area contributed by atoms with E-state index >= 15 is 0 Å². The van der Waals surface area contributed by atoms with Gasteiger partial charge in [-0.2, -0.15) is 0 Å². The molecular formula is C5H4NO2. The van der Waals surface area contributed by atoms with Crippen LogP contribution in [0.4, 0.5) is 0 Å². The van der Waals surface area contributed by atoms with Crippen molar-refractivity contribution in [3.8, 4) is 5.75 Å². The van der Waals surface area contributed by atoms with Gasteiger partial charge >= 0.3 is 0 Å². The lowest BCUT2D eigenvalue weighted by Crippen LogP contribution is -1.79. The third kappa shape index (κ3) is 0.946. The van der Waals surface area contributed by atoms with Gasteiger partial charge in [0.05, 0.1) is 6.20 Å². The summed E-state index contributed by atoms with van der Waals surface area (Å²) in [6.07, 6.45) is 2.93. The first-order valence-electron chi connectivity index (χ1n) is 2.13. The van der Waals surface area contributed by atoms with Crippen LogP contribution in [0, 0.1) is 0 Å². The zero-order chi connectivity index (χ0) is 5.82. The quantitative estimate of drug-likeness (QED) is 0.396. The average molecular weight is 110 g/mol. The fraction of sp³-hybridized carbons (Fsp3) is 0. The monoisotopic (exact) mass is 110 g/mol. The predicted molar refractivity (Wildman–Crippen MR) is 25.6 cm³/mol. The zero-order valence-electron chi connectivity index (χ0n) is 4.07. The van der Waals surface area contributed by atoms with Crippen molar-refractivity contribution in [2.24, 2.45) is 0 Å². The average Bonchev–Trinajstić information content (AvgIpc) is 1.90. The van der Waals surface area contributed by atoms with Crippen LogP contribution < -0.4 is 4.89 Å². The highest BCUT2D eigenvalue weighted by Crippen LogP contribution is 2.03. The molecule has 0 aliphatic heterocycles. The van der Waals surface area contributed by atoms with Gasteiger partial charge in [-0.3, -0.25) is 4.98 Å². The molecule has 1 heterocycles. The highest BCUT2D eigenvalue weighted by molar-refractivity contribution is 5.13. The largest absolute Gasteiger partial charge is 0.304 e. The summed E-state index contributed by atoms with van der Waals surface area (Å²) in [5, 5.41) is 9.59. The lowest BCUT2D eigenvalue weighted by Gasteiger charge is -1.86. The third-order valence-corrected chi connectivity index (χ3v) is 0.731. The molecule has 41 valence electrons. The van der Waals surface area contributed by atoms with E-state index in [9.17, 15) is 5.26 Å². The lowest BCUT2D eigenvalue weighted by atomic mass is 10.5. The Balaban J connectivity index is 2.83. The van der Waals surface area contributed by atoms with E-state index in [2.05, 4.69) is 9.87 Å². The molecule has 1 aromatic heterocycles. The maximum atomic E-state index is 9.59. The fourth-order valence-corrected chi connectivity index (χ4v) is 0.396. The molecular weight excluding hydrogens is 106 g/mol. The summed E-state index contributed by atoms with van der Waals surface area (Å²) in [4.78, 5) is 7.23. The molecule has 0 aromatic carbocycles. The summed E-state index contributed by atoms with van der Waals surface area (Å²) >= 11 is 0. The van der Waals surface area contributed by atoms with Crippen molar-refractivity contribution < 1.29 is 10.1 Å². The second-order valence-electron chi connectivity index (χ2n) is 1.27. The van der Waals surface area contributed by atoms with E-state index in [1.807, 2.05) is 0 Å². The molecule has 0 atom stereocenters. The molecule has 1 aromatic rings. The van der Waals surface area contributed by atoms with Gasteiger partial charge in [-0.15, -0.1) is 0 Å². The van der Waals surface area contributed by atoms with Crippen LogP contribution in [0.15, 0.2) is 24.5 Å². The van der Waals surface area contributed by atoms with Crippen molar-refractivity contribution in [2.75, 3.05) is 0 Å². The van der Waals surface area contributed by atoms with Gasteiger partial charge in [-0.1, -0.05) is 0 Å². The number of rotatable bonds is 1. The molecule has 0 spiro atoms. The summed E-state index contributed by atoms with van der Waals surface area (Å²) in [6.45, 7) is 0. The Kier molecular flexibility index (Phi) is 1.44. The molecule has 0 saturated carbocycles. The Morgan fingerprint density at radius 1 is 1.62 bits per heavy atom. The third-order valence-electron chi connectivity index (χ3n) is 0.731. The van der Waals surface area contributed by atoms with E-state index in [1.165, 1.54) is 6.20 Å². The Morgan fingerprint density at radius 2 is 2.50 bits per heavy atom. The van der Waals surface area contributed by atoms with E-state index in [4.69, 9.17) is 0 Å². The van der Waals surface area contributed by atoms with Crippen LogP contribution in [0.25, 0.3) is 0 Å². The van der Waals surface area contributed by atoms with Crippen molar-refractivity contribution in [3.63, 3.8) is 0 Å². The summed E-state index contributed by atoms with van der Waals surface area (Å²) in [7, 11) is 0. The van der Waals surface area contributed by atoms with Crippen molar-refractivity contribution in [2.45, 2.75) is 0 Å². The van der Waals surface area contributed by atoms with Gasteiger partial charge in [0.25, 0.3) is 0 Å². The minimum absolute atomic E-state index is 0.243. The van der Waals surface area contributed by atoms with E-state index < -0.39 is 0 Å². The van der Waals surface area contributed by atoms with Crippen LogP contribution in [-0.2, 0) is 5.26 Å². The SMILES string of the molecule is [O]Oc1cccnc1. The Hall–Kier alpha value is -1.09. The maximum absolute atomic E-state index is 9.59. The number of pyridine rings is 1. The number of aromatic nitrogens is 1. The summed E-state index contributed by atoms with van der Waals surface area (Å²) in [5.41, 5.74) is 0. The van der Waals surface area contributed by atoms with Crippen LogP contribution in [0.1, 0.15) is 0 Å². The minimum atomic E-state index is 0.243. The van der Waals surface area contributed by atoms with Crippen molar-refractivity contribution in [3.05, 3.63) is 24.5 Å². The molecule has 0 bridgehead atoms. The highest BCUT2D eigenvalue weighted by atomic mass is 17.1. The minimum Gasteiger partial charge on any atom is -0.304 e. The van der Waals surface area contributed by atoms with Gasteiger partial charge in [0, 0.05) is 11.5 Å². The van der Waals surface area contributed by atoms with Gasteiger partial charge in [-0.25, -0.2) is 0 Å². The molecule has 0 aliphatic carbocycles. The molecule has 1 radical (unpaired) electrons. The first-order valence-corrected chi connectivity index (χ1v) is 2.13. The first-order chi connectivity index (χ1) is 3.93. The van der Waals surface area contributed by atoms with Crippen molar-refractivity contribution in [1.29, 1.82) is 0 Å². The van der Waals surface area contributed by atoms with Crippen LogP contribution in [0.3, 0.4) is 0 Å². The number of hydrogen-bond acceptors (Lipinski definition) is 2. The molecule has 0 amide bonds. The second-order valence-corrected chi connectivity index (χ2v) is 1.27. The van der Waals surface area contributed by atoms with E-state index in [1.54, 1.807) is 18.3 Å². The molecule has 8 heavy (non-hydrogen) atoms. The number of nitrogens with zero attached hydrogens (tertiary/aromatic N) is 1. The van der Waals surface area contributed by atoms with Gasteiger partial charge in [0.1, 0.15) is 0 Å². The van der Waals surface area contributed by atoms with E-state index in [0.717, 1.165) is 0 Å². The molecule has 0 saturated heterocycles. The van der Waals surface area contributed by atoms with E-state index in [0.29, 0.717) is 0 Å². The fourth-order valence-electron chi connectivity index (χ4n) is 0.396. The second kappa shape index (κ2) is 2.28. The maximum Gasteiger partial charge on any atom is 0.187 e. The standard InChI is InChI=1S/C5H4NO2/c7-8-5-2-1-3-6-4-5/h1-4H. The zero-order valence-corrected chi connectivity index (χ0v) is 4.07. The van der Waals surface area contributed by atoms with Gasteiger partial charge in [0.15, 0.2) is 5.75 Å². The molecule has 3 nitrogen and oxygen atoms in total. The summed E-state index contributed by atoms with van der Waals surface area (Å²) < 4.78 is 0. The summed E-state index contributed by atoms with van der Waals surface area (Å²) in [6, 6.07) is 3.17. The molecule has 0 unspecified atom stereocenters. The Morgan fingerprint density at radius 3 is 2.88 bits per heavy atom. The van der Waals surface area contributed by atoms with Gasteiger partial charge in [0.2, 0.25) is 0 Å². The molecule has 0 aliphatic rings. The van der Waals surface area contributed by atoms with Crippen molar-refractivity contribution >= 4 is 0 Å². The first kappa shape index (κ1) is 5.05. The molecule has 1 rings (SSSR count). The lowest BCUT2D eigenvalue weighted by molar-refractivity contribution is -0.208. The van der Waals surface area contributed by atoms with Crippen LogP contribution in [-0.4, -0.2) is 4.98 Å². The highest BCUT2D eigenvalue weighted by Gasteiger charge is 1.85. The Bertz CT molecular complexity index is 152. The van der Waals surface area contributed by atoms with Gasteiger partial charge < -0.3 is 4.89 Å². The van der Waals surface area contributed by atoms with Crippen LogP contribution >= 0.6 is 0 Å². The van der Waals surface area contributed by atoms with E-state index in [-0.39, 0.29) is 5.75 Å². The molecule has 0 fully saturated rings. The smallest absolute Gasteiger partial charge is 0.187 e. The predicted octanol–water partition coefficient (Wildman–Crippen LogP) is 0.806. The van der Waals surface area contributed by atoms with Gasteiger partial charge in [-0.05, 0) is 12.1 Å². The summed E-state index contributed by atoms with van der Waals surface area (Å²) in [5.74, 6) is 0.243.